The van der Waals surface area contributed by atoms with E-state index in [1.54, 1.807) is 24.4 Å². The van der Waals surface area contributed by atoms with Crippen molar-refractivity contribution < 1.29 is 36.3 Å². The van der Waals surface area contributed by atoms with Crippen LogP contribution >= 0.6 is 8.60 Å². The molecule has 3 heterocycles. The number of halogens is 3. The van der Waals surface area contributed by atoms with Gasteiger partial charge in [-0.15, -0.1) is 0 Å². The fourth-order valence-electron chi connectivity index (χ4n) is 4.76. The molecule has 0 saturated carbocycles. The number of benzene rings is 2. The highest BCUT2D eigenvalue weighted by Crippen LogP contribution is 2.45. The fraction of sp³-hybridized carbons (Fsp3) is 0.321. The van der Waals surface area contributed by atoms with Crippen LogP contribution in [-0.4, -0.2) is 41.3 Å². The average Bonchev–Trinajstić information content (AvgIpc) is 3.50. The molecule has 1 amide bonds. The van der Waals surface area contributed by atoms with Gasteiger partial charge < -0.3 is 23.7 Å². The zero-order valence-electron chi connectivity index (χ0n) is 22.7. The van der Waals surface area contributed by atoms with E-state index in [9.17, 15) is 13.6 Å². The maximum absolute atomic E-state index is 15.3. The minimum Gasteiger partial charge on any atom is -0.435 e. The highest BCUT2D eigenvalue weighted by atomic mass is 31.2. The van der Waals surface area contributed by atoms with Crippen molar-refractivity contribution in [1.82, 2.24) is 19.9 Å². The van der Waals surface area contributed by atoms with Gasteiger partial charge in [0.15, 0.2) is 0 Å². The molecule has 0 aliphatic carbocycles. The number of alkyl halides is 2. The van der Waals surface area contributed by atoms with Gasteiger partial charge in [0.05, 0.1) is 22.8 Å². The number of aromatic nitrogens is 3. The minimum atomic E-state index is -2.99. The van der Waals surface area contributed by atoms with Crippen LogP contribution in [0.3, 0.4) is 0 Å². The van der Waals surface area contributed by atoms with Crippen LogP contribution in [0.25, 0.3) is 22.2 Å². The number of amides is 1. The maximum Gasteiger partial charge on any atom is 0.387 e. The van der Waals surface area contributed by atoms with Crippen molar-refractivity contribution in [3.8, 4) is 16.9 Å². The summed E-state index contributed by atoms with van der Waals surface area (Å²) in [5.74, 6) is -0.435. The van der Waals surface area contributed by atoms with Crippen LogP contribution < -0.4 is 10.1 Å². The molecule has 9 nitrogen and oxygen atoms in total. The first-order valence-electron chi connectivity index (χ1n) is 12.7. The summed E-state index contributed by atoms with van der Waals surface area (Å²) in [5.41, 5.74) is 2.11. The van der Waals surface area contributed by atoms with E-state index in [1.165, 1.54) is 44.6 Å². The molecule has 216 valence electrons. The lowest BCUT2D eigenvalue weighted by molar-refractivity contribution is -0.0498. The monoisotopic (exact) mass is 588 g/mol. The molecule has 1 aliphatic heterocycles. The second-order valence-corrected chi connectivity index (χ2v) is 11.1. The predicted molar refractivity (Wildman–Crippen MR) is 146 cm³/mol. The van der Waals surface area contributed by atoms with Crippen molar-refractivity contribution in [3.63, 3.8) is 0 Å². The number of nitrogens with one attached hydrogen (secondary N) is 1. The second-order valence-electron chi connectivity index (χ2n) is 9.79. The SMILES string of the molecule is COP(OC)OC(C)(C)c1ccc(-c2cc3c(cc2F)nc2n3CC[C@H]2NC(=O)c2cccc(OC(F)F)c2)cn1. The molecular weight excluding hydrogens is 560 g/mol. The molecule has 1 atom stereocenters. The number of ether oxygens (including phenoxy) is 1. The first-order chi connectivity index (χ1) is 19.6. The van der Waals surface area contributed by atoms with Crippen molar-refractivity contribution in [3.05, 3.63) is 77.6 Å². The lowest BCUT2D eigenvalue weighted by Crippen LogP contribution is -2.27. The smallest absolute Gasteiger partial charge is 0.387 e. The number of nitrogens with zero attached hydrogens (tertiary/aromatic N) is 3. The van der Waals surface area contributed by atoms with Gasteiger partial charge in [-0.25, -0.2) is 9.37 Å². The second kappa shape index (κ2) is 11.7. The number of carbonyl (C=O) groups excluding carboxylic acids is 1. The van der Waals surface area contributed by atoms with Crippen molar-refractivity contribution in [1.29, 1.82) is 0 Å². The van der Waals surface area contributed by atoms with E-state index in [4.69, 9.17) is 13.6 Å². The van der Waals surface area contributed by atoms with E-state index in [1.807, 2.05) is 18.4 Å². The molecule has 0 spiro atoms. The molecule has 13 heteroatoms. The van der Waals surface area contributed by atoms with Gasteiger partial charge in [0.1, 0.15) is 23.0 Å². The van der Waals surface area contributed by atoms with Crippen molar-refractivity contribution >= 4 is 25.5 Å². The number of hydrogen-bond acceptors (Lipinski definition) is 7. The van der Waals surface area contributed by atoms with Gasteiger partial charge in [-0.2, -0.15) is 8.78 Å². The first kappa shape index (κ1) is 28.9. The standard InChI is InChI=1S/C28H28F3N4O5P/c1-28(2,40-41(37-3)38-4)24-9-8-17(15-32-24)19-13-23-22(14-20(19)29)33-25-21(10-11-35(23)25)34-26(36)16-6-5-7-18(12-16)39-27(30)31/h5-9,12-15,21,27H,10-11H2,1-4H3,(H,34,36)/t21-/m1/s1. The van der Waals surface area contributed by atoms with Gasteiger partial charge in [0.2, 0.25) is 0 Å². The number of rotatable bonds is 10. The Kier molecular flexibility index (Phi) is 8.28. The molecule has 0 radical (unpaired) electrons. The average molecular weight is 589 g/mol. The number of imidazole rings is 1. The predicted octanol–water partition coefficient (Wildman–Crippen LogP) is 6.49. The molecule has 1 aliphatic rings. The normalized spacial score (nSPS) is 15.1. The summed E-state index contributed by atoms with van der Waals surface area (Å²) in [5, 5.41) is 2.90. The molecular formula is C28H28F3N4O5P. The van der Waals surface area contributed by atoms with Crippen LogP contribution in [0.5, 0.6) is 5.75 Å². The number of carbonyl (C=O) groups is 1. The Bertz CT molecular complexity index is 1560. The van der Waals surface area contributed by atoms with Gasteiger partial charge in [0, 0.05) is 49.7 Å². The largest absolute Gasteiger partial charge is 0.435 e. The zero-order chi connectivity index (χ0) is 29.3. The van der Waals surface area contributed by atoms with Crippen LogP contribution in [0.1, 0.15) is 48.2 Å². The Morgan fingerprint density at radius 3 is 2.61 bits per heavy atom. The van der Waals surface area contributed by atoms with Gasteiger partial charge in [-0.05, 0) is 50.6 Å². The topological polar surface area (TPSA) is 96.7 Å². The first-order valence-corrected chi connectivity index (χ1v) is 13.8. The van der Waals surface area contributed by atoms with E-state index in [2.05, 4.69) is 20.0 Å². The molecule has 0 saturated heterocycles. The third kappa shape index (κ3) is 6.06. The third-order valence-corrected chi connectivity index (χ3v) is 7.94. The molecule has 0 fully saturated rings. The molecule has 1 N–H and O–H groups in total. The zero-order valence-corrected chi connectivity index (χ0v) is 23.6. The molecule has 5 rings (SSSR count). The van der Waals surface area contributed by atoms with Gasteiger partial charge in [-0.3, -0.25) is 14.3 Å². The van der Waals surface area contributed by atoms with E-state index in [0.29, 0.717) is 41.1 Å². The summed E-state index contributed by atoms with van der Waals surface area (Å²) >= 11 is 0. The lowest BCUT2D eigenvalue weighted by Gasteiger charge is -2.27. The summed E-state index contributed by atoms with van der Waals surface area (Å²) in [6.07, 6.45) is 2.16. The molecule has 2 aromatic carbocycles. The summed E-state index contributed by atoms with van der Waals surface area (Å²) in [7, 11) is 1.46. The highest BCUT2D eigenvalue weighted by molar-refractivity contribution is 7.41. The van der Waals surface area contributed by atoms with Crippen LogP contribution in [0.15, 0.2) is 54.7 Å². The van der Waals surface area contributed by atoms with Crippen molar-refractivity contribution in [2.45, 2.75) is 45.1 Å². The third-order valence-electron chi connectivity index (χ3n) is 6.74. The Balaban J connectivity index is 1.37. The summed E-state index contributed by atoms with van der Waals surface area (Å²) in [4.78, 5) is 22.0. The highest BCUT2D eigenvalue weighted by Gasteiger charge is 2.30. The van der Waals surface area contributed by atoms with Crippen LogP contribution in [0.2, 0.25) is 0 Å². The Morgan fingerprint density at radius 1 is 1.15 bits per heavy atom. The molecule has 0 unspecified atom stereocenters. The molecule has 41 heavy (non-hydrogen) atoms. The van der Waals surface area contributed by atoms with Crippen molar-refractivity contribution in [2.75, 3.05) is 14.2 Å². The van der Waals surface area contributed by atoms with Gasteiger partial charge in [0.25, 0.3) is 5.91 Å². The summed E-state index contributed by atoms with van der Waals surface area (Å²) < 4.78 is 63.0. The summed E-state index contributed by atoms with van der Waals surface area (Å²) in [6.45, 7) is 1.25. The van der Waals surface area contributed by atoms with E-state index in [-0.39, 0.29) is 11.3 Å². The molecule has 4 aromatic rings. The number of pyridine rings is 1. The van der Waals surface area contributed by atoms with E-state index < -0.39 is 38.6 Å². The van der Waals surface area contributed by atoms with Crippen molar-refractivity contribution in [2.24, 2.45) is 0 Å². The number of hydrogen-bond donors (Lipinski definition) is 1. The van der Waals surface area contributed by atoms with E-state index in [0.717, 1.165) is 5.52 Å². The number of fused-ring (bicyclic) bond motifs is 3. The quantitative estimate of drug-likeness (QED) is 0.212. The Morgan fingerprint density at radius 2 is 1.93 bits per heavy atom. The maximum atomic E-state index is 15.3. The summed E-state index contributed by atoms with van der Waals surface area (Å²) in [6, 6.07) is 11.8. The van der Waals surface area contributed by atoms with Crippen LogP contribution in [0, 0.1) is 5.82 Å². The molecule has 0 bridgehead atoms. The van der Waals surface area contributed by atoms with Crippen LogP contribution in [0.4, 0.5) is 13.2 Å². The minimum absolute atomic E-state index is 0.108. The van der Waals surface area contributed by atoms with Gasteiger partial charge >= 0.3 is 15.2 Å². The fourth-order valence-corrected chi connectivity index (χ4v) is 5.52. The van der Waals surface area contributed by atoms with Crippen LogP contribution in [-0.2, 0) is 25.7 Å². The Hall–Kier alpha value is -3.57. The lowest BCUT2D eigenvalue weighted by atomic mass is 10.0. The Labute approximate surface area is 235 Å². The molecule has 2 aromatic heterocycles. The van der Waals surface area contributed by atoms with E-state index >= 15 is 4.39 Å². The van der Waals surface area contributed by atoms with Gasteiger partial charge in [-0.1, -0.05) is 12.1 Å². The number of aryl methyl sites for hydroxylation is 1.